The van der Waals surface area contributed by atoms with Crippen LogP contribution in [0.5, 0.6) is 5.75 Å². The SMILES string of the molecule is CC(C)c1ccc(C(=O)N2CCCC2CC(C)(C)C)c(O)c1. The second kappa shape index (κ2) is 6.31. The van der Waals surface area contributed by atoms with Crippen LogP contribution in [0.1, 0.15) is 75.7 Å². The minimum atomic E-state index is -0.0282. The topological polar surface area (TPSA) is 40.5 Å². The van der Waals surface area contributed by atoms with Crippen LogP contribution in [0, 0.1) is 5.41 Å². The van der Waals surface area contributed by atoms with Gasteiger partial charge in [0.15, 0.2) is 0 Å². The predicted octanol–water partition coefficient (Wildman–Crippen LogP) is 4.56. The van der Waals surface area contributed by atoms with Crippen LogP contribution < -0.4 is 0 Å². The standard InChI is InChI=1S/C19H29NO2/c1-13(2)14-8-9-16(17(21)11-14)18(22)20-10-6-7-15(20)12-19(3,4)5/h8-9,11,13,15,21H,6-7,10,12H2,1-5H3. The maximum Gasteiger partial charge on any atom is 0.257 e. The van der Waals surface area contributed by atoms with Crippen LogP contribution in [-0.2, 0) is 0 Å². The molecule has 1 aromatic carbocycles. The second-order valence-electron chi connectivity index (χ2n) is 7.99. The van der Waals surface area contributed by atoms with Crippen molar-refractivity contribution in [2.45, 2.75) is 65.8 Å². The lowest BCUT2D eigenvalue weighted by molar-refractivity contribution is 0.0701. The molecule has 0 aromatic heterocycles. The maximum atomic E-state index is 12.8. The third-order valence-corrected chi connectivity index (χ3v) is 4.40. The molecule has 1 unspecified atom stereocenters. The number of carbonyl (C=O) groups excluding carboxylic acids is 1. The van der Waals surface area contributed by atoms with Gasteiger partial charge in [-0.05, 0) is 48.3 Å². The van der Waals surface area contributed by atoms with Crippen LogP contribution in [0.25, 0.3) is 0 Å². The molecule has 3 nitrogen and oxygen atoms in total. The van der Waals surface area contributed by atoms with Gasteiger partial charge < -0.3 is 10.0 Å². The number of nitrogens with zero attached hydrogens (tertiary/aromatic N) is 1. The van der Waals surface area contributed by atoms with Gasteiger partial charge in [-0.15, -0.1) is 0 Å². The van der Waals surface area contributed by atoms with Crippen molar-refractivity contribution in [3.05, 3.63) is 29.3 Å². The first kappa shape index (κ1) is 16.9. The lowest BCUT2D eigenvalue weighted by Crippen LogP contribution is -2.37. The molecule has 0 saturated carbocycles. The number of hydrogen-bond donors (Lipinski definition) is 1. The smallest absolute Gasteiger partial charge is 0.257 e. The fourth-order valence-corrected chi connectivity index (χ4v) is 3.27. The maximum absolute atomic E-state index is 12.8. The fraction of sp³-hybridized carbons (Fsp3) is 0.632. The number of phenols is 1. The van der Waals surface area contributed by atoms with E-state index in [4.69, 9.17) is 0 Å². The number of likely N-dealkylation sites (tertiary alicyclic amines) is 1. The zero-order valence-electron chi connectivity index (χ0n) is 14.5. The molecule has 0 radical (unpaired) electrons. The van der Waals surface area contributed by atoms with Gasteiger partial charge in [-0.2, -0.15) is 0 Å². The van der Waals surface area contributed by atoms with E-state index in [-0.39, 0.29) is 23.1 Å². The van der Waals surface area contributed by atoms with Gasteiger partial charge in [-0.1, -0.05) is 40.7 Å². The van der Waals surface area contributed by atoms with Crippen LogP contribution in [0.3, 0.4) is 0 Å². The average Bonchev–Trinajstić information content (AvgIpc) is 2.83. The number of amides is 1. The summed E-state index contributed by atoms with van der Waals surface area (Å²) >= 11 is 0. The Labute approximate surface area is 134 Å². The zero-order chi connectivity index (χ0) is 16.5. The number of phenolic OH excluding ortho intramolecular Hbond substituents is 1. The van der Waals surface area contributed by atoms with E-state index in [0.717, 1.165) is 31.4 Å². The molecule has 1 heterocycles. The van der Waals surface area contributed by atoms with E-state index in [2.05, 4.69) is 34.6 Å². The molecule has 3 heteroatoms. The monoisotopic (exact) mass is 303 g/mol. The highest BCUT2D eigenvalue weighted by molar-refractivity contribution is 5.97. The van der Waals surface area contributed by atoms with Crippen LogP contribution in [0.4, 0.5) is 0 Å². The van der Waals surface area contributed by atoms with Crippen molar-refractivity contribution < 1.29 is 9.90 Å². The van der Waals surface area contributed by atoms with Crippen molar-refractivity contribution in [3.8, 4) is 5.75 Å². The average molecular weight is 303 g/mol. The summed E-state index contributed by atoms with van der Waals surface area (Å²) in [5.41, 5.74) is 1.70. The van der Waals surface area contributed by atoms with Crippen LogP contribution >= 0.6 is 0 Å². The van der Waals surface area contributed by atoms with Crippen molar-refractivity contribution in [2.24, 2.45) is 5.41 Å². The summed E-state index contributed by atoms with van der Waals surface area (Å²) in [6, 6.07) is 5.75. The summed E-state index contributed by atoms with van der Waals surface area (Å²) < 4.78 is 0. The van der Waals surface area contributed by atoms with E-state index in [9.17, 15) is 9.90 Å². The number of aromatic hydroxyl groups is 1. The predicted molar refractivity (Wildman–Crippen MR) is 90.3 cm³/mol. The normalized spacial score (nSPS) is 19.0. The van der Waals surface area contributed by atoms with Crippen molar-refractivity contribution in [3.63, 3.8) is 0 Å². The first-order valence-electron chi connectivity index (χ1n) is 8.33. The van der Waals surface area contributed by atoms with E-state index >= 15 is 0 Å². The lowest BCUT2D eigenvalue weighted by Gasteiger charge is -2.30. The summed E-state index contributed by atoms with van der Waals surface area (Å²) in [5, 5.41) is 10.2. The summed E-state index contributed by atoms with van der Waals surface area (Å²) in [4.78, 5) is 14.8. The number of carbonyl (C=O) groups is 1. The number of hydrogen-bond acceptors (Lipinski definition) is 2. The Kier molecular flexibility index (Phi) is 4.84. The molecule has 1 N–H and O–H groups in total. The van der Waals surface area contributed by atoms with Gasteiger partial charge in [0, 0.05) is 12.6 Å². The first-order chi connectivity index (χ1) is 10.2. The molecule has 0 aliphatic carbocycles. The first-order valence-corrected chi connectivity index (χ1v) is 8.33. The molecule has 1 saturated heterocycles. The van der Waals surface area contributed by atoms with Crippen molar-refractivity contribution >= 4 is 5.91 Å². The van der Waals surface area contributed by atoms with Gasteiger partial charge in [0.25, 0.3) is 5.91 Å². The number of rotatable bonds is 3. The Morgan fingerprint density at radius 2 is 2.05 bits per heavy atom. The van der Waals surface area contributed by atoms with Crippen LogP contribution in [0.15, 0.2) is 18.2 Å². The molecule has 22 heavy (non-hydrogen) atoms. The van der Waals surface area contributed by atoms with Crippen molar-refractivity contribution in [1.82, 2.24) is 4.90 Å². The highest BCUT2D eigenvalue weighted by atomic mass is 16.3. The molecular formula is C19H29NO2. The van der Waals surface area contributed by atoms with Gasteiger partial charge in [-0.25, -0.2) is 0 Å². The summed E-state index contributed by atoms with van der Waals surface area (Å²) in [6.45, 7) is 11.6. The summed E-state index contributed by atoms with van der Waals surface area (Å²) in [5.74, 6) is 0.424. The molecule has 122 valence electrons. The van der Waals surface area contributed by atoms with Crippen molar-refractivity contribution in [2.75, 3.05) is 6.54 Å². The van der Waals surface area contributed by atoms with Gasteiger partial charge >= 0.3 is 0 Å². The molecule has 1 atom stereocenters. The van der Waals surface area contributed by atoms with E-state index in [1.807, 2.05) is 11.0 Å². The van der Waals surface area contributed by atoms with Gasteiger partial charge in [0.1, 0.15) is 5.75 Å². The van der Waals surface area contributed by atoms with Gasteiger partial charge in [-0.3, -0.25) is 4.79 Å². The molecule has 0 spiro atoms. The molecular weight excluding hydrogens is 274 g/mol. The lowest BCUT2D eigenvalue weighted by atomic mass is 9.87. The highest BCUT2D eigenvalue weighted by Crippen LogP contribution is 2.32. The molecule has 0 bridgehead atoms. The number of benzene rings is 1. The Bertz CT molecular complexity index is 543. The molecule has 1 aromatic rings. The Morgan fingerprint density at radius 1 is 1.36 bits per heavy atom. The van der Waals surface area contributed by atoms with Gasteiger partial charge in [0.05, 0.1) is 5.56 Å². The molecule has 1 aliphatic heterocycles. The minimum Gasteiger partial charge on any atom is -0.507 e. The highest BCUT2D eigenvalue weighted by Gasteiger charge is 2.33. The summed E-state index contributed by atoms with van der Waals surface area (Å²) in [6.07, 6.45) is 3.12. The fourth-order valence-electron chi connectivity index (χ4n) is 3.27. The quantitative estimate of drug-likeness (QED) is 0.889. The Morgan fingerprint density at radius 3 is 2.59 bits per heavy atom. The van der Waals surface area contributed by atoms with Crippen LogP contribution in [-0.4, -0.2) is 28.5 Å². The van der Waals surface area contributed by atoms with Crippen LogP contribution in [0.2, 0.25) is 0 Å². The van der Waals surface area contributed by atoms with E-state index in [0.29, 0.717) is 11.5 Å². The van der Waals surface area contributed by atoms with E-state index < -0.39 is 0 Å². The van der Waals surface area contributed by atoms with Crippen molar-refractivity contribution in [1.29, 1.82) is 0 Å². The Balaban J connectivity index is 2.20. The van der Waals surface area contributed by atoms with E-state index in [1.165, 1.54) is 0 Å². The minimum absolute atomic E-state index is 0.0282. The third kappa shape index (κ3) is 3.82. The largest absolute Gasteiger partial charge is 0.507 e. The second-order valence-corrected chi connectivity index (χ2v) is 7.99. The zero-order valence-corrected chi connectivity index (χ0v) is 14.5. The van der Waals surface area contributed by atoms with E-state index in [1.54, 1.807) is 12.1 Å². The molecule has 1 aliphatic rings. The van der Waals surface area contributed by atoms with Gasteiger partial charge in [0.2, 0.25) is 0 Å². The molecule has 1 amide bonds. The third-order valence-electron chi connectivity index (χ3n) is 4.40. The summed E-state index contributed by atoms with van der Waals surface area (Å²) in [7, 11) is 0. The molecule has 1 fully saturated rings. The molecule has 2 rings (SSSR count). The Hall–Kier alpha value is -1.51.